The minimum Gasteiger partial charge on any atom is -0.368 e. The molecule has 0 bridgehead atoms. The molecule has 0 fully saturated rings. The molecule has 0 radical (unpaired) electrons. The van der Waals surface area contributed by atoms with Crippen LogP contribution in [0.4, 0.5) is 4.79 Å². The highest BCUT2D eigenvalue weighted by molar-refractivity contribution is 5.87. The molecule has 3 rings (SSSR count). The molecule has 102 valence electrons. The van der Waals surface area contributed by atoms with Gasteiger partial charge in [0.1, 0.15) is 12.4 Å². The van der Waals surface area contributed by atoms with Crippen molar-refractivity contribution in [2.75, 3.05) is 0 Å². The summed E-state index contributed by atoms with van der Waals surface area (Å²) in [7, 11) is 0. The van der Waals surface area contributed by atoms with Crippen LogP contribution < -0.4 is 5.73 Å². The van der Waals surface area contributed by atoms with Gasteiger partial charge >= 0.3 is 6.03 Å². The minimum absolute atomic E-state index is 0.291. The third-order valence-electron chi connectivity index (χ3n) is 3.55. The van der Waals surface area contributed by atoms with Gasteiger partial charge in [-0.05, 0) is 11.1 Å². The predicted molar refractivity (Wildman–Crippen MR) is 71.7 cm³/mol. The number of benzene rings is 1. The maximum absolute atomic E-state index is 12.4. The molecule has 1 aliphatic heterocycles. The number of amides is 2. The molecule has 2 aromatic rings. The molecule has 0 unspecified atom stereocenters. The SMILES string of the molecule is NC(=O)[C@@H]1Cc2ccccc2CN1C(=O)n1ccnc1. The molecule has 2 N–H and O–H groups in total. The zero-order valence-electron chi connectivity index (χ0n) is 10.8. The number of hydrogen-bond acceptors (Lipinski definition) is 3. The topological polar surface area (TPSA) is 81.2 Å². The number of nitrogens with zero attached hydrogens (tertiary/aromatic N) is 3. The number of imidazole rings is 1. The summed E-state index contributed by atoms with van der Waals surface area (Å²) in [5.41, 5.74) is 7.55. The van der Waals surface area contributed by atoms with Gasteiger partial charge in [-0.3, -0.25) is 9.36 Å². The van der Waals surface area contributed by atoms with E-state index in [4.69, 9.17) is 5.73 Å². The average molecular weight is 270 g/mol. The molecule has 0 saturated heterocycles. The largest absolute Gasteiger partial charge is 0.368 e. The van der Waals surface area contributed by atoms with E-state index in [0.29, 0.717) is 13.0 Å². The predicted octanol–water partition coefficient (Wildman–Crippen LogP) is 0.763. The fraction of sp³-hybridized carbons (Fsp3) is 0.214. The first-order valence-corrected chi connectivity index (χ1v) is 6.32. The van der Waals surface area contributed by atoms with Crippen LogP contribution in [-0.2, 0) is 17.8 Å². The number of fused-ring (bicyclic) bond motifs is 1. The Hall–Kier alpha value is -2.63. The van der Waals surface area contributed by atoms with Gasteiger partial charge in [0.05, 0.1) is 0 Å². The van der Waals surface area contributed by atoms with Crippen molar-refractivity contribution in [2.45, 2.75) is 19.0 Å². The van der Waals surface area contributed by atoms with Gasteiger partial charge in [0.25, 0.3) is 0 Å². The lowest BCUT2D eigenvalue weighted by atomic mass is 9.94. The quantitative estimate of drug-likeness (QED) is 0.830. The summed E-state index contributed by atoms with van der Waals surface area (Å²) in [5.74, 6) is -0.493. The molecule has 1 aromatic carbocycles. The third kappa shape index (κ3) is 2.05. The van der Waals surface area contributed by atoms with E-state index in [1.54, 1.807) is 6.20 Å². The maximum Gasteiger partial charge on any atom is 0.330 e. The van der Waals surface area contributed by atoms with Gasteiger partial charge in [-0.15, -0.1) is 0 Å². The first-order valence-electron chi connectivity index (χ1n) is 6.32. The number of hydrogen-bond donors (Lipinski definition) is 1. The monoisotopic (exact) mass is 270 g/mol. The van der Waals surface area contributed by atoms with Gasteiger partial charge in [0.15, 0.2) is 0 Å². The third-order valence-corrected chi connectivity index (χ3v) is 3.55. The number of nitrogens with two attached hydrogens (primary N) is 1. The van der Waals surface area contributed by atoms with E-state index in [9.17, 15) is 9.59 Å². The van der Waals surface area contributed by atoms with Crippen LogP contribution in [0.5, 0.6) is 0 Å². The molecule has 0 spiro atoms. The van der Waals surface area contributed by atoms with Crippen molar-refractivity contribution in [3.8, 4) is 0 Å². The number of rotatable bonds is 1. The highest BCUT2D eigenvalue weighted by Crippen LogP contribution is 2.23. The fourth-order valence-corrected chi connectivity index (χ4v) is 2.50. The lowest BCUT2D eigenvalue weighted by molar-refractivity contribution is -0.122. The average Bonchev–Trinajstić information content (AvgIpc) is 2.99. The Balaban J connectivity index is 1.96. The van der Waals surface area contributed by atoms with E-state index < -0.39 is 11.9 Å². The van der Waals surface area contributed by atoms with Gasteiger partial charge in [-0.2, -0.15) is 0 Å². The van der Waals surface area contributed by atoms with Crippen molar-refractivity contribution >= 4 is 11.9 Å². The molecule has 1 aliphatic rings. The highest BCUT2D eigenvalue weighted by atomic mass is 16.2. The van der Waals surface area contributed by atoms with Crippen LogP contribution >= 0.6 is 0 Å². The first kappa shape index (κ1) is 12.4. The van der Waals surface area contributed by atoms with E-state index >= 15 is 0 Å². The Morgan fingerprint density at radius 2 is 2.00 bits per heavy atom. The number of aromatic nitrogens is 2. The number of carbonyl (C=O) groups excluding carboxylic acids is 2. The molecular weight excluding hydrogens is 256 g/mol. The minimum atomic E-state index is -0.625. The van der Waals surface area contributed by atoms with Gasteiger partial charge < -0.3 is 10.6 Å². The molecule has 0 saturated carbocycles. The fourth-order valence-electron chi connectivity index (χ4n) is 2.50. The van der Waals surface area contributed by atoms with Crippen LogP contribution in [0.3, 0.4) is 0 Å². The van der Waals surface area contributed by atoms with E-state index in [1.807, 2.05) is 24.3 Å². The number of carbonyl (C=O) groups is 2. The Labute approximate surface area is 115 Å². The van der Waals surface area contributed by atoms with Crippen molar-refractivity contribution in [3.05, 3.63) is 54.1 Å². The second-order valence-corrected chi connectivity index (χ2v) is 4.77. The second-order valence-electron chi connectivity index (χ2n) is 4.77. The summed E-state index contributed by atoms with van der Waals surface area (Å²) in [4.78, 5) is 29.4. The standard InChI is InChI=1S/C14H14N4O2/c15-13(19)12-7-10-3-1-2-4-11(10)8-18(12)14(20)17-6-5-16-9-17/h1-6,9,12H,7-8H2,(H2,15,19)/t12-/m0/s1. The molecule has 1 atom stereocenters. The van der Waals surface area contributed by atoms with Crippen LogP contribution in [-0.4, -0.2) is 32.4 Å². The summed E-state index contributed by atoms with van der Waals surface area (Å²) in [6, 6.07) is 6.85. The van der Waals surface area contributed by atoms with Crippen LogP contribution in [0.2, 0.25) is 0 Å². The molecule has 2 amide bonds. The second kappa shape index (κ2) is 4.80. The van der Waals surface area contributed by atoms with Gasteiger partial charge in [-0.25, -0.2) is 9.78 Å². The van der Waals surface area contributed by atoms with E-state index in [0.717, 1.165) is 11.1 Å². The number of primary amides is 1. The summed E-state index contributed by atoms with van der Waals surface area (Å²) in [6.07, 6.45) is 4.95. The summed E-state index contributed by atoms with van der Waals surface area (Å²) in [6.45, 7) is 0.376. The zero-order valence-corrected chi connectivity index (χ0v) is 10.8. The van der Waals surface area contributed by atoms with Crippen molar-refractivity contribution in [1.29, 1.82) is 0 Å². The van der Waals surface area contributed by atoms with Gasteiger partial charge in [0, 0.05) is 25.4 Å². The van der Waals surface area contributed by atoms with Crippen LogP contribution in [0.25, 0.3) is 0 Å². The Morgan fingerprint density at radius 1 is 1.25 bits per heavy atom. The van der Waals surface area contributed by atoms with Crippen molar-refractivity contribution in [1.82, 2.24) is 14.5 Å². The molecule has 1 aromatic heterocycles. The van der Waals surface area contributed by atoms with E-state index in [-0.39, 0.29) is 6.03 Å². The van der Waals surface area contributed by atoms with Gasteiger partial charge in [-0.1, -0.05) is 24.3 Å². The molecule has 0 aliphatic carbocycles. The normalized spacial score (nSPS) is 17.6. The molecule has 6 heteroatoms. The summed E-state index contributed by atoms with van der Waals surface area (Å²) in [5, 5.41) is 0. The Morgan fingerprint density at radius 3 is 2.65 bits per heavy atom. The summed E-state index contributed by atoms with van der Waals surface area (Å²) >= 11 is 0. The van der Waals surface area contributed by atoms with Gasteiger partial charge in [0.2, 0.25) is 5.91 Å². The lowest BCUT2D eigenvalue weighted by Crippen LogP contribution is -2.52. The smallest absolute Gasteiger partial charge is 0.330 e. The molecular formula is C14H14N4O2. The Bertz CT molecular complexity index is 651. The zero-order chi connectivity index (χ0) is 14.1. The molecule has 6 nitrogen and oxygen atoms in total. The van der Waals surface area contributed by atoms with Crippen molar-refractivity contribution in [2.24, 2.45) is 5.73 Å². The molecule has 2 heterocycles. The van der Waals surface area contributed by atoms with E-state index in [2.05, 4.69) is 4.98 Å². The maximum atomic E-state index is 12.4. The van der Waals surface area contributed by atoms with Crippen LogP contribution in [0, 0.1) is 0 Å². The van der Waals surface area contributed by atoms with Crippen molar-refractivity contribution < 1.29 is 9.59 Å². The van der Waals surface area contributed by atoms with E-state index in [1.165, 1.54) is 22.0 Å². The van der Waals surface area contributed by atoms with Crippen LogP contribution in [0.15, 0.2) is 43.0 Å². The Kier molecular flexibility index (Phi) is 2.98. The van der Waals surface area contributed by atoms with Crippen LogP contribution in [0.1, 0.15) is 11.1 Å². The summed E-state index contributed by atoms with van der Waals surface area (Å²) < 4.78 is 1.35. The molecule has 20 heavy (non-hydrogen) atoms. The van der Waals surface area contributed by atoms with Crippen molar-refractivity contribution in [3.63, 3.8) is 0 Å². The lowest BCUT2D eigenvalue weighted by Gasteiger charge is -2.34. The first-order chi connectivity index (χ1) is 9.66. The highest BCUT2D eigenvalue weighted by Gasteiger charge is 2.33.